The number of para-hydroxylation sites is 3. The number of rotatable bonds is 3. The highest BCUT2D eigenvalue weighted by Gasteiger charge is 2.30. The largest absolute Gasteiger partial charge is 0.516 e. The first-order chi connectivity index (χ1) is 27.6. The van der Waals surface area contributed by atoms with Gasteiger partial charge >= 0.3 is 0 Å². The molecule has 2 aliphatic heterocycles. The number of aromatic nitrogens is 2. The van der Waals surface area contributed by atoms with Gasteiger partial charge in [-0.05, 0) is 52.4 Å². The van der Waals surface area contributed by atoms with Crippen molar-refractivity contribution in [3.8, 4) is 11.1 Å². The van der Waals surface area contributed by atoms with Gasteiger partial charge in [0.2, 0.25) is 0 Å². The molecule has 0 fully saturated rings. The minimum absolute atomic E-state index is 0.0582. The van der Waals surface area contributed by atoms with E-state index in [1.54, 1.807) is 12.2 Å². The number of aliphatic hydroxyl groups excluding tert-OH is 1. The summed E-state index contributed by atoms with van der Waals surface area (Å²) in [5.74, 6) is 0. The van der Waals surface area contributed by atoms with Crippen LogP contribution in [-0.2, 0) is 7.05 Å². The van der Waals surface area contributed by atoms with Crippen LogP contribution < -0.4 is 5.32 Å². The molecule has 0 aliphatic carbocycles. The van der Waals surface area contributed by atoms with Crippen LogP contribution in [0.25, 0.3) is 81.8 Å². The summed E-state index contributed by atoms with van der Waals surface area (Å²) >= 11 is 0. The van der Waals surface area contributed by atoms with Crippen LogP contribution in [0.1, 0.15) is 11.6 Å². The topological polar surface area (TPSA) is 54.0 Å². The van der Waals surface area contributed by atoms with E-state index in [-0.39, 0.29) is 6.04 Å². The number of aliphatic hydroxyl groups is 1. The number of nitrogens with zero attached hydrogens (tertiary/aromatic N) is 3. The van der Waals surface area contributed by atoms with Crippen molar-refractivity contribution in [1.29, 1.82) is 0 Å². The molecule has 0 saturated heterocycles. The van der Waals surface area contributed by atoms with Crippen molar-refractivity contribution >= 4 is 82.6 Å². The highest BCUT2D eigenvalue weighted by atomic mass is 16.2. The summed E-state index contributed by atoms with van der Waals surface area (Å²) < 4.78 is 4.89. The molecular formula is C51H36N4O. The van der Waals surface area contributed by atoms with Crippen LogP contribution in [0, 0.1) is 0 Å². The molecule has 1 atom stereocenters. The molecule has 266 valence electrons. The third kappa shape index (κ3) is 4.52. The van der Waals surface area contributed by atoms with E-state index in [4.69, 9.17) is 10.1 Å². The van der Waals surface area contributed by atoms with E-state index in [0.717, 1.165) is 28.8 Å². The molecule has 7 aromatic carbocycles. The lowest BCUT2D eigenvalue weighted by atomic mass is 9.94. The second-order valence-electron chi connectivity index (χ2n) is 14.6. The van der Waals surface area contributed by atoms with E-state index < -0.39 is 0 Å². The molecule has 0 saturated carbocycles. The van der Waals surface area contributed by atoms with Gasteiger partial charge in [-0.2, -0.15) is 0 Å². The number of aryl methyl sites for hydroxylation is 1. The molecule has 10 aromatic rings. The van der Waals surface area contributed by atoms with Crippen LogP contribution in [0.4, 0.5) is 5.69 Å². The normalized spacial score (nSPS) is 15.1. The minimum atomic E-state index is -0.0582. The zero-order valence-corrected chi connectivity index (χ0v) is 30.7. The number of hydrogen-bond acceptors (Lipinski definition) is 3. The molecule has 0 bridgehead atoms. The monoisotopic (exact) mass is 720 g/mol. The van der Waals surface area contributed by atoms with E-state index in [2.05, 4.69) is 161 Å². The molecule has 0 radical (unpaired) electrons. The molecule has 2 aliphatic rings. The molecule has 3 aromatic heterocycles. The zero-order chi connectivity index (χ0) is 37.5. The summed E-state index contributed by atoms with van der Waals surface area (Å²) in [6.07, 6.45) is 8.07. The fourth-order valence-electron chi connectivity index (χ4n) is 9.30. The smallest absolute Gasteiger partial charge is 0.116 e. The number of benzene rings is 7. The van der Waals surface area contributed by atoms with Crippen LogP contribution in [0.15, 0.2) is 192 Å². The number of anilines is 1. The lowest BCUT2D eigenvalue weighted by Gasteiger charge is -2.15. The summed E-state index contributed by atoms with van der Waals surface area (Å²) in [7, 11) is 2.20. The summed E-state index contributed by atoms with van der Waals surface area (Å²) in [5.41, 5.74) is 14.1. The number of allylic oxidation sites excluding steroid dienone is 5. The maximum atomic E-state index is 8.78. The van der Waals surface area contributed by atoms with Crippen LogP contribution in [-0.4, -0.2) is 20.3 Å². The van der Waals surface area contributed by atoms with Crippen LogP contribution in [0.3, 0.4) is 0 Å². The van der Waals surface area contributed by atoms with Gasteiger partial charge in [0.1, 0.15) is 6.04 Å². The highest BCUT2D eigenvalue weighted by Crippen LogP contribution is 2.47. The molecule has 2 N–H and O–H groups in total. The lowest BCUT2D eigenvalue weighted by Crippen LogP contribution is -2.07. The van der Waals surface area contributed by atoms with Gasteiger partial charge in [0.15, 0.2) is 0 Å². The summed E-state index contributed by atoms with van der Waals surface area (Å²) in [6.45, 7) is 4.15. The third-order valence-corrected chi connectivity index (χ3v) is 11.7. The second kappa shape index (κ2) is 12.3. The fourth-order valence-corrected chi connectivity index (χ4v) is 9.30. The van der Waals surface area contributed by atoms with Crippen molar-refractivity contribution in [3.63, 3.8) is 0 Å². The maximum Gasteiger partial charge on any atom is 0.116 e. The first kappa shape index (κ1) is 32.1. The molecular weight excluding hydrogens is 685 g/mol. The fraction of sp³-hybridized carbons (Fsp3) is 0.0392. The summed E-state index contributed by atoms with van der Waals surface area (Å²) in [5, 5.41) is 23.0. The molecule has 5 heterocycles. The van der Waals surface area contributed by atoms with Crippen LogP contribution in [0.5, 0.6) is 0 Å². The molecule has 1 unspecified atom stereocenters. The van der Waals surface area contributed by atoms with E-state index in [9.17, 15) is 0 Å². The predicted molar refractivity (Wildman–Crippen MR) is 236 cm³/mol. The third-order valence-electron chi connectivity index (χ3n) is 11.7. The number of fused-ring (bicyclic) bond motifs is 17. The predicted octanol–water partition coefficient (Wildman–Crippen LogP) is 13.0. The second-order valence-corrected chi connectivity index (χ2v) is 14.6. The molecule has 56 heavy (non-hydrogen) atoms. The summed E-state index contributed by atoms with van der Waals surface area (Å²) in [6, 6.07) is 50.0. The Balaban J connectivity index is 0.000000133. The van der Waals surface area contributed by atoms with Gasteiger partial charge in [-0.25, -0.2) is 0 Å². The Morgan fingerprint density at radius 1 is 0.661 bits per heavy atom. The van der Waals surface area contributed by atoms with Crippen LogP contribution >= 0.6 is 0 Å². The van der Waals surface area contributed by atoms with Crippen molar-refractivity contribution in [2.75, 3.05) is 5.32 Å². The highest BCUT2D eigenvalue weighted by molar-refractivity contribution is 6.35. The first-order valence-electron chi connectivity index (χ1n) is 19.0. The average molecular weight is 721 g/mol. The van der Waals surface area contributed by atoms with Gasteiger partial charge in [-0.3, -0.25) is 4.99 Å². The van der Waals surface area contributed by atoms with Crippen molar-refractivity contribution in [2.24, 2.45) is 12.0 Å². The Morgan fingerprint density at radius 2 is 1.36 bits per heavy atom. The zero-order valence-electron chi connectivity index (χ0n) is 30.7. The first-order valence-corrected chi connectivity index (χ1v) is 19.0. The Kier molecular flexibility index (Phi) is 7.07. The number of aliphatic imine (C=N–C) groups is 1. The van der Waals surface area contributed by atoms with E-state index >= 15 is 0 Å². The molecule has 0 spiro atoms. The average Bonchev–Trinajstić information content (AvgIpc) is 3.97. The SMILES string of the molecule is C=C(/C=C\C=C/O)C1=C2Nc3ccccc3-c3ccccc3C2N=C1.Cn1c2ccccc2c2cc3c4ccc5ccccc5c4n4c5ccccc5c(c21)c34. The number of nitrogens with one attached hydrogen (secondary N) is 1. The van der Waals surface area contributed by atoms with E-state index in [1.807, 2.05) is 18.4 Å². The van der Waals surface area contributed by atoms with Crippen LogP contribution in [0.2, 0.25) is 0 Å². The molecule has 0 amide bonds. The van der Waals surface area contributed by atoms with Gasteiger partial charge in [-0.15, -0.1) is 0 Å². The van der Waals surface area contributed by atoms with Gasteiger partial charge in [-0.1, -0.05) is 134 Å². The van der Waals surface area contributed by atoms with E-state index in [0.29, 0.717) is 0 Å². The Bertz CT molecular complexity index is 3390. The number of hydrogen-bond donors (Lipinski definition) is 2. The van der Waals surface area contributed by atoms with Gasteiger partial charge in [0.05, 0.1) is 34.0 Å². The standard InChI is InChI=1S/C29H18N2.C22H18N2O/c1-30-24-12-6-4-10-19(24)22-16-23-20-15-14-17-8-2-3-9-18(17)27(20)31-25-13-7-5-11-21(25)26(28(22)30)29(23)31;1-15(8-6-7-13-25)19-14-23-21-18-11-3-2-9-16(18)17-10-4-5-12-20(17)24-22(19)21/h2-16H,1H3;2-14,21,24-25H,1H2/b;8-6-,13-7-. The Morgan fingerprint density at radius 3 is 2.21 bits per heavy atom. The molecule has 5 nitrogen and oxygen atoms in total. The van der Waals surface area contributed by atoms with E-state index in [1.165, 1.54) is 87.4 Å². The Hall–Kier alpha value is -7.37. The van der Waals surface area contributed by atoms with Crippen molar-refractivity contribution in [1.82, 2.24) is 8.97 Å². The van der Waals surface area contributed by atoms with Crippen molar-refractivity contribution in [2.45, 2.75) is 6.04 Å². The maximum absolute atomic E-state index is 8.78. The Labute approximate surface area is 323 Å². The molecule has 12 rings (SSSR count). The lowest BCUT2D eigenvalue weighted by molar-refractivity contribution is 0.474. The van der Waals surface area contributed by atoms with Crippen molar-refractivity contribution in [3.05, 3.63) is 193 Å². The molecule has 5 heteroatoms. The quantitative estimate of drug-likeness (QED) is 0.141. The van der Waals surface area contributed by atoms with Gasteiger partial charge < -0.3 is 19.4 Å². The minimum Gasteiger partial charge on any atom is -0.516 e. The van der Waals surface area contributed by atoms with Gasteiger partial charge in [0, 0.05) is 73.3 Å². The van der Waals surface area contributed by atoms with Gasteiger partial charge in [0.25, 0.3) is 0 Å². The summed E-state index contributed by atoms with van der Waals surface area (Å²) in [4.78, 5) is 4.75. The van der Waals surface area contributed by atoms with Crippen molar-refractivity contribution < 1.29 is 5.11 Å².